The van der Waals surface area contributed by atoms with Gasteiger partial charge in [-0.25, -0.2) is 0 Å². The van der Waals surface area contributed by atoms with Crippen LogP contribution in [0.2, 0.25) is 0 Å². The lowest BCUT2D eigenvalue weighted by molar-refractivity contribution is 0.189. The maximum atomic E-state index is 9.71. The smallest absolute Gasteiger partial charge is 0.0636 e. The van der Waals surface area contributed by atoms with E-state index in [-0.39, 0.29) is 0 Å². The fraction of sp³-hybridized carbons (Fsp3) is 0.647. The van der Waals surface area contributed by atoms with Crippen molar-refractivity contribution in [2.75, 3.05) is 6.54 Å². The van der Waals surface area contributed by atoms with Crippen LogP contribution >= 0.6 is 0 Å². The summed E-state index contributed by atoms with van der Waals surface area (Å²) in [6.07, 6.45) is -0.143. The van der Waals surface area contributed by atoms with Gasteiger partial charge in [0.05, 0.1) is 18.3 Å². The number of benzene rings is 1. The maximum absolute atomic E-state index is 9.71. The van der Waals surface area contributed by atoms with E-state index < -0.39 is 18.3 Å². The molecule has 0 spiro atoms. The Kier molecular flexibility index (Phi) is 8.00. The molecule has 0 heterocycles. The summed E-state index contributed by atoms with van der Waals surface area (Å²) in [7, 11) is 0. The quantitative estimate of drug-likeness (QED) is 0.456. The molecule has 1 aromatic rings. The summed E-state index contributed by atoms with van der Waals surface area (Å²) in [6, 6.07) is 4.09. The minimum absolute atomic E-state index is 0.399. The average Bonchev–Trinajstić information content (AvgIpc) is 2.39. The van der Waals surface area contributed by atoms with Crippen molar-refractivity contribution in [2.24, 2.45) is 5.73 Å². The summed E-state index contributed by atoms with van der Waals surface area (Å²) in [4.78, 5) is 0. The number of nitrogens with one attached hydrogen (secondary N) is 1. The molecule has 1 rings (SSSR count). The first kappa shape index (κ1) is 19.1. The topological polar surface area (TPSA) is 98.7 Å². The molecular weight excluding hydrogens is 280 g/mol. The molecule has 22 heavy (non-hydrogen) atoms. The van der Waals surface area contributed by atoms with E-state index in [0.29, 0.717) is 32.5 Å². The van der Waals surface area contributed by atoms with E-state index in [4.69, 9.17) is 5.73 Å². The summed E-state index contributed by atoms with van der Waals surface area (Å²) in [5.41, 5.74) is 10.0. The molecule has 5 nitrogen and oxygen atoms in total. The summed E-state index contributed by atoms with van der Waals surface area (Å²) in [5, 5.41) is 31.9. The number of hydrogen-bond acceptors (Lipinski definition) is 5. The summed E-state index contributed by atoms with van der Waals surface area (Å²) < 4.78 is 0. The first-order valence-electron chi connectivity index (χ1n) is 7.92. The van der Waals surface area contributed by atoms with Crippen molar-refractivity contribution >= 4 is 0 Å². The molecule has 6 N–H and O–H groups in total. The van der Waals surface area contributed by atoms with E-state index in [1.807, 2.05) is 12.1 Å². The van der Waals surface area contributed by atoms with Crippen molar-refractivity contribution in [3.05, 3.63) is 34.4 Å². The van der Waals surface area contributed by atoms with Crippen LogP contribution in [0.15, 0.2) is 12.1 Å². The van der Waals surface area contributed by atoms with Crippen molar-refractivity contribution < 1.29 is 15.3 Å². The molecule has 1 aromatic carbocycles. The lowest BCUT2D eigenvalue weighted by Gasteiger charge is -2.18. The van der Waals surface area contributed by atoms with Crippen LogP contribution in [-0.4, -0.2) is 40.2 Å². The van der Waals surface area contributed by atoms with E-state index in [9.17, 15) is 15.3 Å². The second-order valence-corrected chi connectivity index (χ2v) is 6.18. The molecule has 0 bridgehead atoms. The van der Waals surface area contributed by atoms with Gasteiger partial charge in [0.15, 0.2) is 0 Å². The predicted molar refractivity (Wildman–Crippen MR) is 88.5 cm³/mol. The average molecular weight is 310 g/mol. The van der Waals surface area contributed by atoms with Crippen LogP contribution in [-0.2, 0) is 25.9 Å². The minimum Gasteiger partial charge on any atom is -0.393 e. The zero-order valence-electron chi connectivity index (χ0n) is 13.8. The molecule has 0 aliphatic rings. The zero-order valence-corrected chi connectivity index (χ0v) is 13.8. The van der Waals surface area contributed by atoms with Crippen molar-refractivity contribution in [3.8, 4) is 0 Å². The van der Waals surface area contributed by atoms with Crippen LogP contribution in [0.25, 0.3) is 0 Å². The number of rotatable bonds is 9. The number of aliphatic hydroxyl groups is 3. The van der Waals surface area contributed by atoms with Crippen LogP contribution in [0.3, 0.4) is 0 Å². The van der Waals surface area contributed by atoms with E-state index in [1.54, 1.807) is 20.8 Å². The Morgan fingerprint density at radius 3 is 1.82 bits per heavy atom. The van der Waals surface area contributed by atoms with Gasteiger partial charge in [0.25, 0.3) is 0 Å². The predicted octanol–water partition coefficient (Wildman–Crippen LogP) is 0.462. The largest absolute Gasteiger partial charge is 0.393 e. The van der Waals surface area contributed by atoms with Gasteiger partial charge < -0.3 is 26.4 Å². The highest BCUT2D eigenvalue weighted by molar-refractivity contribution is 5.39. The van der Waals surface area contributed by atoms with Crippen LogP contribution in [0.4, 0.5) is 0 Å². The Labute approximate surface area is 133 Å². The molecule has 126 valence electrons. The summed E-state index contributed by atoms with van der Waals surface area (Å²) in [5.74, 6) is 0. The Morgan fingerprint density at radius 2 is 1.36 bits per heavy atom. The first-order valence-corrected chi connectivity index (χ1v) is 7.92. The highest BCUT2D eigenvalue weighted by atomic mass is 16.3. The SMILES string of the molecule is CC(O)CNCc1cc(CN)c(CC(C)O)cc1CC(C)O. The van der Waals surface area contributed by atoms with Gasteiger partial charge in [-0.1, -0.05) is 12.1 Å². The van der Waals surface area contributed by atoms with Crippen molar-refractivity contribution in [1.82, 2.24) is 5.32 Å². The third kappa shape index (κ3) is 6.42. The van der Waals surface area contributed by atoms with Crippen molar-refractivity contribution in [3.63, 3.8) is 0 Å². The van der Waals surface area contributed by atoms with Crippen LogP contribution in [0, 0.1) is 0 Å². The molecule has 3 atom stereocenters. The van der Waals surface area contributed by atoms with Crippen LogP contribution < -0.4 is 11.1 Å². The highest BCUT2D eigenvalue weighted by Crippen LogP contribution is 2.20. The normalized spacial score (nSPS) is 15.6. The van der Waals surface area contributed by atoms with Gasteiger partial charge >= 0.3 is 0 Å². The van der Waals surface area contributed by atoms with Gasteiger partial charge in [-0.15, -0.1) is 0 Å². The monoisotopic (exact) mass is 310 g/mol. The number of hydrogen-bond donors (Lipinski definition) is 5. The highest BCUT2D eigenvalue weighted by Gasteiger charge is 2.13. The van der Waals surface area contributed by atoms with Gasteiger partial charge in [0.1, 0.15) is 0 Å². The van der Waals surface area contributed by atoms with Crippen LogP contribution in [0.5, 0.6) is 0 Å². The molecule has 3 unspecified atom stereocenters. The van der Waals surface area contributed by atoms with E-state index in [2.05, 4.69) is 5.32 Å². The lowest BCUT2D eigenvalue weighted by Crippen LogP contribution is -2.25. The number of nitrogens with two attached hydrogens (primary N) is 1. The molecule has 0 aliphatic heterocycles. The van der Waals surface area contributed by atoms with Gasteiger partial charge in [-0.3, -0.25) is 0 Å². The molecule has 5 heteroatoms. The Balaban J connectivity index is 3.04. The van der Waals surface area contributed by atoms with Crippen molar-refractivity contribution in [1.29, 1.82) is 0 Å². The second kappa shape index (κ2) is 9.22. The van der Waals surface area contributed by atoms with Crippen molar-refractivity contribution in [2.45, 2.75) is 65.0 Å². The van der Waals surface area contributed by atoms with E-state index >= 15 is 0 Å². The van der Waals surface area contributed by atoms with Gasteiger partial charge in [-0.2, -0.15) is 0 Å². The molecular formula is C17H30N2O3. The summed E-state index contributed by atoms with van der Waals surface area (Å²) in [6.45, 7) is 6.81. The zero-order chi connectivity index (χ0) is 16.7. The van der Waals surface area contributed by atoms with E-state index in [0.717, 1.165) is 22.3 Å². The Hall–Kier alpha value is -0.980. The fourth-order valence-electron chi connectivity index (χ4n) is 2.58. The lowest BCUT2D eigenvalue weighted by atomic mass is 9.92. The van der Waals surface area contributed by atoms with Crippen LogP contribution in [0.1, 0.15) is 43.0 Å². The Morgan fingerprint density at radius 1 is 0.864 bits per heavy atom. The van der Waals surface area contributed by atoms with Gasteiger partial charge in [0.2, 0.25) is 0 Å². The van der Waals surface area contributed by atoms with Gasteiger partial charge in [-0.05, 0) is 55.9 Å². The third-order valence-corrected chi connectivity index (χ3v) is 3.53. The Bertz CT molecular complexity index is 459. The maximum Gasteiger partial charge on any atom is 0.0636 e. The minimum atomic E-state index is -0.432. The number of aliphatic hydroxyl groups excluding tert-OH is 3. The fourth-order valence-corrected chi connectivity index (χ4v) is 2.58. The van der Waals surface area contributed by atoms with Gasteiger partial charge in [0, 0.05) is 19.6 Å². The molecule has 0 radical (unpaired) electrons. The summed E-state index contributed by atoms with van der Waals surface area (Å²) >= 11 is 0. The van der Waals surface area contributed by atoms with E-state index in [1.165, 1.54) is 0 Å². The standard InChI is InChI=1S/C17H30N2O3/c1-11(20)4-14-6-15(5-12(2)21)17(7-16(14)8-18)10-19-9-13(3)22/h6-7,11-13,19-22H,4-5,8-10,18H2,1-3H3. The molecule has 0 aliphatic carbocycles. The molecule has 0 saturated heterocycles. The second-order valence-electron chi connectivity index (χ2n) is 6.18. The molecule has 0 fully saturated rings. The molecule has 0 amide bonds. The molecule has 0 aromatic heterocycles. The third-order valence-electron chi connectivity index (χ3n) is 3.53. The first-order chi connectivity index (χ1) is 10.3. The molecule has 0 saturated carbocycles.